The predicted molar refractivity (Wildman–Crippen MR) is 180 cm³/mol. The van der Waals surface area contributed by atoms with Gasteiger partial charge in [0, 0.05) is 57.5 Å². The average molecular weight is 727 g/mol. The van der Waals surface area contributed by atoms with E-state index in [1.54, 1.807) is 20.8 Å². The summed E-state index contributed by atoms with van der Waals surface area (Å²) >= 11 is 0. The molecule has 18 nitrogen and oxygen atoms in total. The number of carbonyl (C=O) groups excluding carboxylic acids is 6. The number of aliphatic hydroxyl groups excluding tert-OH is 2. The summed E-state index contributed by atoms with van der Waals surface area (Å²) in [4.78, 5) is 73.5. The maximum absolute atomic E-state index is 12.5. The SMILES string of the molecule is C/C(=C\C(=O)N(O)CCCC(N)C(=O)OCC/C(C)=C/C(=O)N(O)CCCC1NC(=O)C(CCCN(O)C(=O)/C=C(\C)CCO)NC1=O)CCO. The third-order valence-corrected chi connectivity index (χ3v) is 7.81. The van der Waals surface area contributed by atoms with E-state index in [2.05, 4.69) is 10.6 Å². The van der Waals surface area contributed by atoms with Gasteiger partial charge in [-0.1, -0.05) is 16.7 Å². The minimum atomic E-state index is -0.995. The fourth-order valence-corrected chi connectivity index (χ4v) is 4.73. The Morgan fingerprint density at radius 2 is 1.08 bits per heavy atom. The second kappa shape index (κ2) is 24.1. The van der Waals surface area contributed by atoms with Crippen LogP contribution in [0.5, 0.6) is 0 Å². The van der Waals surface area contributed by atoms with Gasteiger partial charge in [0.25, 0.3) is 17.7 Å². The van der Waals surface area contributed by atoms with Gasteiger partial charge in [0.2, 0.25) is 11.8 Å². The van der Waals surface area contributed by atoms with E-state index in [9.17, 15) is 44.4 Å². The number of ether oxygens (including phenoxy) is 1. The minimum absolute atomic E-state index is 0.0594. The Morgan fingerprint density at radius 1 is 0.706 bits per heavy atom. The lowest BCUT2D eigenvalue weighted by atomic mass is 10.0. The van der Waals surface area contributed by atoms with Gasteiger partial charge in [-0.15, -0.1) is 0 Å². The molecule has 1 fully saturated rings. The van der Waals surface area contributed by atoms with Crippen molar-refractivity contribution in [2.45, 2.75) is 96.7 Å². The molecule has 0 radical (unpaired) electrons. The van der Waals surface area contributed by atoms with E-state index >= 15 is 0 Å². The molecular formula is C33H54N6O12. The van der Waals surface area contributed by atoms with E-state index < -0.39 is 53.6 Å². The first-order chi connectivity index (χ1) is 24.1. The number of piperazine rings is 1. The zero-order valence-corrected chi connectivity index (χ0v) is 29.6. The highest BCUT2D eigenvalue weighted by Crippen LogP contribution is 2.11. The van der Waals surface area contributed by atoms with Crippen molar-refractivity contribution in [3.63, 3.8) is 0 Å². The third kappa shape index (κ3) is 18.0. The lowest BCUT2D eigenvalue weighted by molar-refractivity contribution is -0.160. The van der Waals surface area contributed by atoms with Crippen LogP contribution >= 0.6 is 0 Å². The largest absolute Gasteiger partial charge is 0.464 e. The molecule has 5 amide bonds. The second-order valence-electron chi connectivity index (χ2n) is 12.4. The van der Waals surface area contributed by atoms with E-state index in [4.69, 9.17) is 20.7 Å². The number of rotatable bonds is 23. The highest BCUT2D eigenvalue weighted by Gasteiger charge is 2.33. The standard InChI is InChI=1S/C33H54N6O12/c1-22(10-16-40)19-28(42)37(48)13-4-7-25(34)33(47)51-18-12-24(3)21-30(44)39(50)15-6-9-27-32(46)35-26(31(45)36-27)8-5-14-38(49)29(43)20-23(2)11-17-41/h19-21,25-27,40-41,48-50H,4-18,34H2,1-3H3,(H,35,46)(H,36,45)/b22-19+,23-20+,24-21+. The molecule has 0 bridgehead atoms. The van der Waals surface area contributed by atoms with Crippen LogP contribution in [0.2, 0.25) is 0 Å². The normalized spacial score (nSPS) is 17.3. The molecule has 1 heterocycles. The van der Waals surface area contributed by atoms with Crippen LogP contribution in [0.4, 0.5) is 0 Å². The number of nitrogens with two attached hydrogens (primary N) is 1. The molecule has 0 spiro atoms. The summed E-state index contributed by atoms with van der Waals surface area (Å²) in [5, 5.41) is 54.4. The first-order valence-electron chi connectivity index (χ1n) is 16.9. The van der Waals surface area contributed by atoms with Crippen molar-refractivity contribution in [2.75, 3.05) is 39.5 Å². The maximum atomic E-state index is 12.5. The fourth-order valence-electron chi connectivity index (χ4n) is 4.73. The fraction of sp³-hybridized carbons (Fsp3) is 0.636. The summed E-state index contributed by atoms with van der Waals surface area (Å²) in [6, 6.07) is -2.72. The Balaban J connectivity index is 2.35. The average Bonchev–Trinajstić information content (AvgIpc) is 3.06. The van der Waals surface area contributed by atoms with E-state index in [0.29, 0.717) is 44.8 Å². The number of amides is 5. The molecule has 1 aliphatic rings. The Kier molecular flexibility index (Phi) is 21.2. The molecule has 1 saturated heterocycles. The van der Waals surface area contributed by atoms with Crippen molar-refractivity contribution < 1.29 is 59.3 Å². The van der Waals surface area contributed by atoms with Gasteiger partial charge in [0.05, 0.1) is 6.61 Å². The number of nitrogens with one attached hydrogen (secondary N) is 2. The van der Waals surface area contributed by atoms with Gasteiger partial charge in [-0.2, -0.15) is 0 Å². The maximum Gasteiger partial charge on any atom is 0.322 e. The van der Waals surface area contributed by atoms with Gasteiger partial charge >= 0.3 is 5.97 Å². The molecule has 1 aliphatic heterocycles. The number of carbonyl (C=O) groups is 6. The molecule has 18 heteroatoms. The van der Waals surface area contributed by atoms with Gasteiger partial charge in [0.1, 0.15) is 18.1 Å². The summed E-state index contributed by atoms with van der Waals surface area (Å²) in [6.07, 6.45) is 5.45. The lowest BCUT2D eigenvalue weighted by Gasteiger charge is -2.30. The van der Waals surface area contributed by atoms with Crippen LogP contribution in [0, 0.1) is 0 Å². The predicted octanol–water partition coefficient (Wildman–Crippen LogP) is -0.172. The number of aliphatic hydroxyl groups is 2. The van der Waals surface area contributed by atoms with Gasteiger partial charge < -0.3 is 31.3 Å². The molecule has 9 N–H and O–H groups in total. The molecule has 0 aromatic carbocycles. The molecule has 51 heavy (non-hydrogen) atoms. The zero-order valence-electron chi connectivity index (χ0n) is 29.6. The monoisotopic (exact) mass is 726 g/mol. The molecule has 288 valence electrons. The molecular weight excluding hydrogens is 672 g/mol. The molecule has 0 aromatic rings. The van der Waals surface area contributed by atoms with Crippen LogP contribution in [0.25, 0.3) is 0 Å². The van der Waals surface area contributed by atoms with Crippen LogP contribution in [0.15, 0.2) is 34.9 Å². The number of nitrogens with zero attached hydrogens (tertiary/aromatic N) is 3. The van der Waals surface area contributed by atoms with Gasteiger partial charge in [-0.25, -0.2) is 15.2 Å². The van der Waals surface area contributed by atoms with Crippen molar-refractivity contribution in [3.05, 3.63) is 34.9 Å². The van der Waals surface area contributed by atoms with Crippen molar-refractivity contribution in [1.82, 2.24) is 25.8 Å². The topological polar surface area (TPSA) is 273 Å². The van der Waals surface area contributed by atoms with Crippen LogP contribution in [-0.2, 0) is 33.5 Å². The Labute approximate surface area is 297 Å². The van der Waals surface area contributed by atoms with Crippen LogP contribution < -0.4 is 16.4 Å². The zero-order chi connectivity index (χ0) is 38.5. The summed E-state index contributed by atoms with van der Waals surface area (Å²) in [7, 11) is 0. The summed E-state index contributed by atoms with van der Waals surface area (Å²) in [5.74, 6) is -3.60. The molecule has 0 aromatic heterocycles. The highest BCUT2D eigenvalue weighted by molar-refractivity contribution is 5.97. The number of hydroxylamine groups is 6. The first-order valence-corrected chi connectivity index (χ1v) is 16.9. The van der Waals surface area contributed by atoms with Crippen molar-refractivity contribution in [1.29, 1.82) is 0 Å². The van der Waals surface area contributed by atoms with E-state index in [1.807, 2.05) is 0 Å². The van der Waals surface area contributed by atoms with Crippen LogP contribution in [0.1, 0.15) is 78.6 Å². The van der Waals surface area contributed by atoms with Crippen LogP contribution in [-0.4, -0.2) is 134 Å². The van der Waals surface area contributed by atoms with E-state index in [-0.39, 0.29) is 84.4 Å². The Bertz CT molecular complexity index is 1290. The van der Waals surface area contributed by atoms with Gasteiger partial charge in [-0.05, 0) is 72.1 Å². The minimum Gasteiger partial charge on any atom is -0.464 e. The lowest BCUT2D eigenvalue weighted by Crippen LogP contribution is -2.61. The molecule has 0 aliphatic carbocycles. The quantitative estimate of drug-likeness (QED) is 0.0294. The molecule has 0 saturated carbocycles. The van der Waals surface area contributed by atoms with E-state index in [1.165, 1.54) is 18.2 Å². The molecule has 3 unspecified atom stereocenters. The summed E-state index contributed by atoms with van der Waals surface area (Å²) < 4.78 is 5.14. The van der Waals surface area contributed by atoms with Crippen molar-refractivity contribution >= 4 is 35.5 Å². The van der Waals surface area contributed by atoms with Crippen molar-refractivity contribution in [2.24, 2.45) is 5.73 Å². The summed E-state index contributed by atoms with van der Waals surface area (Å²) in [5.41, 5.74) is 7.55. The Morgan fingerprint density at radius 3 is 1.47 bits per heavy atom. The first kappa shape index (κ1) is 44.8. The molecule has 1 rings (SSSR count). The second-order valence-corrected chi connectivity index (χ2v) is 12.4. The number of esters is 1. The number of hydrogen-bond donors (Lipinski definition) is 8. The van der Waals surface area contributed by atoms with Crippen LogP contribution in [0.3, 0.4) is 0 Å². The smallest absolute Gasteiger partial charge is 0.322 e. The van der Waals surface area contributed by atoms with E-state index in [0.717, 1.165) is 0 Å². The molecule has 3 atom stereocenters. The Hall–Kier alpha value is -4.20. The van der Waals surface area contributed by atoms with Gasteiger partial charge in [-0.3, -0.25) is 44.4 Å². The number of hydrogen-bond acceptors (Lipinski definition) is 13. The van der Waals surface area contributed by atoms with Crippen molar-refractivity contribution in [3.8, 4) is 0 Å². The van der Waals surface area contributed by atoms with Gasteiger partial charge in [0.15, 0.2) is 0 Å². The highest BCUT2D eigenvalue weighted by atomic mass is 16.5. The third-order valence-electron chi connectivity index (χ3n) is 7.81. The summed E-state index contributed by atoms with van der Waals surface area (Å²) in [6.45, 7) is 4.32.